The third-order valence-electron chi connectivity index (χ3n) is 3.18. The standard InChI is InChI=1S/C17H22F3N3O4/c1-10(2)23-16(26)21-8-12-4-6-13(7-5-12)15(25)27-11(3)14(24)22-9-17(18,19)20/h4-7,10-11H,8-9H2,1-3H3,(H,22,24)(H2,21,23,26)/t11-/m0/s1. The summed E-state index contributed by atoms with van der Waals surface area (Å²) in [6, 6.07) is 5.70. The van der Waals surface area contributed by atoms with Gasteiger partial charge >= 0.3 is 18.2 Å². The van der Waals surface area contributed by atoms with Gasteiger partial charge in [0.05, 0.1) is 5.56 Å². The lowest BCUT2D eigenvalue weighted by Crippen LogP contribution is -2.40. The Hall–Kier alpha value is -2.78. The topological polar surface area (TPSA) is 96.5 Å². The number of benzene rings is 1. The van der Waals surface area contributed by atoms with Gasteiger partial charge in [0.1, 0.15) is 6.54 Å². The van der Waals surface area contributed by atoms with Crippen molar-refractivity contribution in [1.82, 2.24) is 16.0 Å². The van der Waals surface area contributed by atoms with Crippen LogP contribution in [-0.2, 0) is 16.1 Å². The molecule has 0 spiro atoms. The lowest BCUT2D eigenvalue weighted by Gasteiger charge is -2.14. The number of carbonyl (C=O) groups excluding carboxylic acids is 3. The number of urea groups is 1. The third kappa shape index (κ3) is 8.93. The zero-order valence-electron chi connectivity index (χ0n) is 15.1. The Labute approximate surface area is 154 Å². The largest absolute Gasteiger partial charge is 0.449 e. The average Bonchev–Trinajstić information content (AvgIpc) is 2.56. The Morgan fingerprint density at radius 3 is 2.15 bits per heavy atom. The molecule has 1 aromatic carbocycles. The maximum Gasteiger partial charge on any atom is 0.405 e. The number of esters is 1. The predicted molar refractivity (Wildman–Crippen MR) is 90.9 cm³/mol. The minimum absolute atomic E-state index is 0.00234. The van der Waals surface area contributed by atoms with E-state index in [-0.39, 0.29) is 24.2 Å². The Kier molecular flexibility index (Phi) is 8.07. The summed E-state index contributed by atoms with van der Waals surface area (Å²) in [6.45, 7) is 3.56. The van der Waals surface area contributed by atoms with E-state index in [2.05, 4.69) is 10.6 Å². The second kappa shape index (κ2) is 9.79. The van der Waals surface area contributed by atoms with E-state index < -0.39 is 30.7 Å². The molecule has 0 heterocycles. The summed E-state index contributed by atoms with van der Waals surface area (Å²) in [6.07, 6.45) is -5.92. The zero-order chi connectivity index (χ0) is 20.6. The van der Waals surface area contributed by atoms with Gasteiger partial charge in [-0.15, -0.1) is 0 Å². The molecule has 1 atom stereocenters. The smallest absolute Gasteiger partial charge is 0.405 e. The average molecular weight is 389 g/mol. The predicted octanol–water partition coefficient (Wildman–Crippen LogP) is 2.12. The first-order chi connectivity index (χ1) is 12.5. The zero-order valence-corrected chi connectivity index (χ0v) is 15.1. The van der Waals surface area contributed by atoms with Gasteiger partial charge in [0, 0.05) is 12.6 Å². The van der Waals surface area contributed by atoms with Gasteiger partial charge < -0.3 is 20.7 Å². The molecule has 7 nitrogen and oxygen atoms in total. The highest BCUT2D eigenvalue weighted by atomic mass is 19.4. The summed E-state index contributed by atoms with van der Waals surface area (Å²) in [5, 5.41) is 6.94. The van der Waals surface area contributed by atoms with Gasteiger partial charge in [-0.3, -0.25) is 4.79 Å². The van der Waals surface area contributed by atoms with Crippen molar-refractivity contribution in [2.45, 2.75) is 45.6 Å². The third-order valence-corrected chi connectivity index (χ3v) is 3.18. The van der Waals surface area contributed by atoms with Crippen molar-refractivity contribution in [3.05, 3.63) is 35.4 Å². The minimum atomic E-state index is -4.55. The molecule has 0 unspecified atom stereocenters. The van der Waals surface area contributed by atoms with Gasteiger partial charge in [0.15, 0.2) is 6.10 Å². The maximum absolute atomic E-state index is 12.1. The molecule has 27 heavy (non-hydrogen) atoms. The fourth-order valence-electron chi connectivity index (χ4n) is 1.87. The fraction of sp³-hybridized carbons (Fsp3) is 0.471. The highest BCUT2D eigenvalue weighted by Crippen LogP contribution is 2.12. The number of carbonyl (C=O) groups is 3. The van der Waals surface area contributed by atoms with Crippen molar-refractivity contribution in [3.63, 3.8) is 0 Å². The van der Waals surface area contributed by atoms with E-state index in [1.54, 1.807) is 17.4 Å². The van der Waals surface area contributed by atoms with Crippen LogP contribution in [0.4, 0.5) is 18.0 Å². The number of amides is 3. The van der Waals surface area contributed by atoms with Crippen molar-refractivity contribution >= 4 is 17.9 Å². The van der Waals surface area contributed by atoms with E-state index in [0.29, 0.717) is 0 Å². The van der Waals surface area contributed by atoms with Crippen LogP contribution < -0.4 is 16.0 Å². The van der Waals surface area contributed by atoms with Gasteiger partial charge in [0.2, 0.25) is 0 Å². The Morgan fingerprint density at radius 2 is 1.63 bits per heavy atom. The lowest BCUT2D eigenvalue weighted by atomic mass is 10.1. The second-order valence-electron chi connectivity index (χ2n) is 6.06. The molecule has 3 amide bonds. The number of alkyl halides is 3. The van der Waals surface area contributed by atoms with Crippen molar-refractivity contribution < 1.29 is 32.3 Å². The van der Waals surface area contributed by atoms with Crippen LogP contribution in [0.2, 0.25) is 0 Å². The SMILES string of the molecule is CC(C)NC(=O)NCc1ccc(C(=O)O[C@@H](C)C(=O)NCC(F)(F)F)cc1. The molecule has 0 saturated heterocycles. The minimum Gasteiger partial charge on any atom is -0.449 e. The van der Waals surface area contributed by atoms with Crippen LogP contribution in [-0.4, -0.2) is 42.8 Å². The Bertz CT molecular complexity index is 660. The highest BCUT2D eigenvalue weighted by molar-refractivity contribution is 5.92. The molecule has 0 fully saturated rings. The van der Waals surface area contributed by atoms with E-state index in [9.17, 15) is 27.6 Å². The quantitative estimate of drug-likeness (QED) is 0.623. The molecule has 0 aliphatic heterocycles. The number of nitrogens with one attached hydrogen (secondary N) is 3. The van der Waals surface area contributed by atoms with E-state index >= 15 is 0 Å². The number of rotatable bonds is 7. The number of hydrogen-bond acceptors (Lipinski definition) is 4. The molecule has 1 aromatic rings. The normalized spacial score (nSPS) is 12.3. The molecule has 10 heteroatoms. The number of halogens is 3. The molecule has 0 bridgehead atoms. The van der Waals surface area contributed by atoms with Crippen LogP contribution in [0.3, 0.4) is 0 Å². The van der Waals surface area contributed by atoms with Crippen LogP contribution in [0.25, 0.3) is 0 Å². The van der Waals surface area contributed by atoms with E-state index in [1.165, 1.54) is 19.1 Å². The maximum atomic E-state index is 12.1. The van der Waals surface area contributed by atoms with Crippen molar-refractivity contribution in [1.29, 1.82) is 0 Å². The Balaban J connectivity index is 2.51. The molecule has 0 aliphatic rings. The monoisotopic (exact) mass is 389 g/mol. The summed E-state index contributed by atoms with van der Waals surface area (Å²) < 4.78 is 41.0. The van der Waals surface area contributed by atoms with Crippen LogP contribution in [0.1, 0.15) is 36.7 Å². The van der Waals surface area contributed by atoms with Gasteiger partial charge in [-0.05, 0) is 38.5 Å². The van der Waals surface area contributed by atoms with Crippen LogP contribution in [0.15, 0.2) is 24.3 Å². The molecule has 0 radical (unpaired) electrons. The molecule has 3 N–H and O–H groups in total. The van der Waals surface area contributed by atoms with Gasteiger partial charge in [-0.2, -0.15) is 13.2 Å². The summed E-state index contributed by atoms with van der Waals surface area (Å²) in [5.74, 6) is -1.89. The van der Waals surface area contributed by atoms with Gasteiger partial charge in [-0.1, -0.05) is 12.1 Å². The van der Waals surface area contributed by atoms with E-state index in [1.807, 2.05) is 13.8 Å². The first-order valence-electron chi connectivity index (χ1n) is 8.16. The number of hydrogen-bond donors (Lipinski definition) is 3. The summed E-state index contributed by atoms with van der Waals surface area (Å²) in [7, 11) is 0. The molecule has 150 valence electrons. The fourth-order valence-corrected chi connectivity index (χ4v) is 1.87. The highest BCUT2D eigenvalue weighted by Gasteiger charge is 2.29. The van der Waals surface area contributed by atoms with E-state index in [4.69, 9.17) is 4.74 Å². The van der Waals surface area contributed by atoms with Crippen molar-refractivity contribution in [3.8, 4) is 0 Å². The Morgan fingerprint density at radius 1 is 1.04 bits per heavy atom. The first-order valence-corrected chi connectivity index (χ1v) is 8.16. The molecular weight excluding hydrogens is 367 g/mol. The molecular formula is C17H22F3N3O4. The molecule has 0 aromatic heterocycles. The van der Waals surface area contributed by atoms with Crippen molar-refractivity contribution in [2.75, 3.05) is 6.54 Å². The summed E-state index contributed by atoms with van der Waals surface area (Å²) in [5.41, 5.74) is 0.849. The molecule has 0 aliphatic carbocycles. The molecule has 1 rings (SSSR count). The van der Waals surface area contributed by atoms with Crippen LogP contribution in [0, 0.1) is 0 Å². The summed E-state index contributed by atoms with van der Waals surface area (Å²) in [4.78, 5) is 35.0. The lowest BCUT2D eigenvalue weighted by molar-refractivity contribution is -0.143. The molecule has 0 saturated carbocycles. The van der Waals surface area contributed by atoms with Crippen molar-refractivity contribution in [2.24, 2.45) is 0 Å². The second-order valence-corrected chi connectivity index (χ2v) is 6.06. The van der Waals surface area contributed by atoms with Crippen LogP contribution >= 0.6 is 0 Å². The summed E-state index contributed by atoms with van der Waals surface area (Å²) >= 11 is 0. The van der Waals surface area contributed by atoms with Gasteiger partial charge in [-0.25, -0.2) is 9.59 Å². The first kappa shape index (κ1) is 22.3. The van der Waals surface area contributed by atoms with E-state index in [0.717, 1.165) is 5.56 Å². The van der Waals surface area contributed by atoms with Crippen LogP contribution in [0.5, 0.6) is 0 Å². The van der Waals surface area contributed by atoms with Gasteiger partial charge in [0.25, 0.3) is 5.91 Å². The number of ether oxygens (including phenoxy) is 1.